The maximum Gasteiger partial charge on any atom is 0.262 e. The lowest BCUT2D eigenvalue weighted by Gasteiger charge is -2.13. The van der Waals surface area contributed by atoms with Crippen LogP contribution < -0.4 is 10.9 Å². The predicted octanol–water partition coefficient (Wildman–Crippen LogP) is 5.08. The summed E-state index contributed by atoms with van der Waals surface area (Å²) in [7, 11) is 0. The zero-order valence-corrected chi connectivity index (χ0v) is 20.8. The monoisotopic (exact) mass is 503 g/mol. The summed E-state index contributed by atoms with van der Waals surface area (Å²) >= 11 is 5.07. The molecule has 0 amide bonds. The molecule has 1 fully saturated rings. The van der Waals surface area contributed by atoms with Crippen LogP contribution in [0.15, 0.2) is 50.8 Å². The largest absolute Gasteiger partial charge is 0.379 e. The molecule has 5 nitrogen and oxygen atoms in total. The van der Waals surface area contributed by atoms with E-state index in [1.165, 1.54) is 16.7 Å². The number of halogens is 1. The van der Waals surface area contributed by atoms with Crippen molar-refractivity contribution >= 4 is 38.6 Å². The van der Waals surface area contributed by atoms with Crippen LogP contribution in [0.25, 0.3) is 10.9 Å². The minimum Gasteiger partial charge on any atom is -0.379 e. The van der Waals surface area contributed by atoms with Crippen molar-refractivity contribution in [2.45, 2.75) is 44.6 Å². The lowest BCUT2D eigenvalue weighted by atomic mass is 10.1. The van der Waals surface area contributed by atoms with Gasteiger partial charge in [-0.15, -0.1) is 0 Å². The molecule has 1 aliphatic heterocycles. The van der Waals surface area contributed by atoms with E-state index in [0.717, 1.165) is 53.6 Å². The topological polar surface area (TPSA) is 56.1 Å². The Kier molecular flexibility index (Phi) is 9.14. The van der Waals surface area contributed by atoms with E-state index in [1.54, 1.807) is 11.8 Å². The number of hydrogen-bond acceptors (Lipinski definition) is 5. The Bertz CT molecular complexity index is 1050. The molecule has 2 aromatic carbocycles. The number of morpholine rings is 1. The SMILES string of the molecule is C1COCCN1.CCCn1c(SCc2cc(C)cc(C)c2)nc2ccc(Br)cc2c1=O. The number of benzene rings is 2. The Morgan fingerprint density at radius 1 is 1.13 bits per heavy atom. The number of thioether (sulfide) groups is 1. The highest BCUT2D eigenvalue weighted by molar-refractivity contribution is 9.10. The summed E-state index contributed by atoms with van der Waals surface area (Å²) in [5.41, 5.74) is 4.57. The van der Waals surface area contributed by atoms with Gasteiger partial charge in [0.05, 0.1) is 24.1 Å². The fourth-order valence-electron chi connectivity index (χ4n) is 3.52. The Labute approximate surface area is 196 Å². The van der Waals surface area contributed by atoms with E-state index < -0.39 is 0 Å². The maximum absolute atomic E-state index is 12.9. The molecule has 0 radical (unpaired) electrons. The summed E-state index contributed by atoms with van der Waals surface area (Å²) in [5, 5.41) is 4.62. The smallest absolute Gasteiger partial charge is 0.262 e. The van der Waals surface area contributed by atoms with Gasteiger partial charge < -0.3 is 10.1 Å². The Morgan fingerprint density at radius 3 is 2.42 bits per heavy atom. The first-order valence-electron chi connectivity index (χ1n) is 10.7. The van der Waals surface area contributed by atoms with Gasteiger partial charge in [-0.1, -0.05) is 63.9 Å². The lowest BCUT2D eigenvalue weighted by molar-refractivity contribution is 0.109. The van der Waals surface area contributed by atoms with Gasteiger partial charge in [0.25, 0.3) is 5.56 Å². The van der Waals surface area contributed by atoms with Crippen LogP contribution in [0, 0.1) is 13.8 Å². The molecule has 0 atom stereocenters. The Balaban J connectivity index is 0.000000391. The number of aromatic nitrogens is 2. The highest BCUT2D eigenvalue weighted by Gasteiger charge is 2.12. The number of nitrogens with one attached hydrogen (secondary N) is 1. The normalized spacial score (nSPS) is 13.7. The summed E-state index contributed by atoms with van der Waals surface area (Å²) in [6, 6.07) is 12.2. The van der Waals surface area contributed by atoms with Crippen molar-refractivity contribution in [2.75, 3.05) is 26.3 Å². The zero-order valence-electron chi connectivity index (χ0n) is 18.4. The molecule has 0 saturated carbocycles. The average Bonchev–Trinajstić information content (AvgIpc) is 2.76. The molecule has 31 heavy (non-hydrogen) atoms. The second-order valence-corrected chi connectivity index (χ2v) is 9.52. The van der Waals surface area contributed by atoms with Gasteiger partial charge in [0.1, 0.15) is 0 Å². The second kappa shape index (κ2) is 11.8. The summed E-state index contributed by atoms with van der Waals surface area (Å²) in [6.07, 6.45) is 0.901. The third-order valence-corrected chi connectivity index (χ3v) is 6.36. The van der Waals surface area contributed by atoms with Gasteiger partial charge >= 0.3 is 0 Å². The Morgan fingerprint density at radius 2 is 1.84 bits per heavy atom. The number of hydrogen-bond donors (Lipinski definition) is 1. The lowest BCUT2D eigenvalue weighted by Crippen LogP contribution is -2.30. The molecule has 1 aromatic heterocycles. The summed E-state index contributed by atoms with van der Waals surface area (Å²) < 4.78 is 7.72. The molecular weight excluding hydrogens is 474 g/mol. The molecule has 3 aromatic rings. The molecule has 0 spiro atoms. The van der Waals surface area contributed by atoms with Crippen LogP contribution in [0.4, 0.5) is 0 Å². The molecule has 0 bridgehead atoms. The van der Waals surface area contributed by atoms with Crippen molar-refractivity contribution in [3.63, 3.8) is 0 Å². The van der Waals surface area contributed by atoms with E-state index in [4.69, 9.17) is 9.72 Å². The van der Waals surface area contributed by atoms with Gasteiger partial charge in [-0.25, -0.2) is 4.98 Å². The molecular formula is C24H30BrN3O2S. The summed E-state index contributed by atoms with van der Waals surface area (Å²) in [6.45, 7) is 10.8. The number of ether oxygens (including phenoxy) is 1. The van der Waals surface area contributed by atoms with Crippen molar-refractivity contribution < 1.29 is 4.74 Å². The molecule has 2 heterocycles. The van der Waals surface area contributed by atoms with Gasteiger partial charge in [0.15, 0.2) is 5.16 Å². The van der Waals surface area contributed by atoms with Gasteiger partial charge in [-0.05, 0) is 44.0 Å². The van der Waals surface area contributed by atoms with Crippen molar-refractivity contribution in [3.8, 4) is 0 Å². The fourth-order valence-corrected chi connectivity index (χ4v) is 4.84. The number of fused-ring (bicyclic) bond motifs is 1. The van der Waals surface area contributed by atoms with Crippen LogP contribution in [-0.2, 0) is 17.0 Å². The molecule has 1 aliphatic rings. The fraction of sp³-hybridized carbons (Fsp3) is 0.417. The van der Waals surface area contributed by atoms with E-state index in [9.17, 15) is 4.79 Å². The highest BCUT2D eigenvalue weighted by atomic mass is 79.9. The van der Waals surface area contributed by atoms with Crippen LogP contribution in [0.2, 0.25) is 0 Å². The average molecular weight is 504 g/mol. The van der Waals surface area contributed by atoms with Crippen LogP contribution >= 0.6 is 27.7 Å². The summed E-state index contributed by atoms with van der Waals surface area (Å²) in [4.78, 5) is 17.7. The van der Waals surface area contributed by atoms with Crippen LogP contribution in [-0.4, -0.2) is 35.9 Å². The van der Waals surface area contributed by atoms with E-state index in [0.29, 0.717) is 11.9 Å². The van der Waals surface area contributed by atoms with E-state index in [2.05, 4.69) is 60.2 Å². The summed E-state index contributed by atoms with van der Waals surface area (Å²) in [5.74, 6) is 0.806. The molecule has 0 unspecified atom stereocenters. The van der Waals surface area contributed by atoms with E-state index >= 15 is 0 Å². The predicted molar refractivity (Wildman–Crippen MR) is 133 cm³/mol. The first-order valence-corrected chi connectivity index (χ1v) is 12.4. The molecule has 1 N–H and O–H groups in total. The van der Waals surface area contributed by atoms with Gasteiger partial charge in [0.2, 0.25) is 0 Å². The van der Waals surface area contributed by atoms with Crippen molar-refractivity contribution in [3.05, 3.63) is 67.9 Å². The van der Waals surface area contributed by atoms with Crippen molar-refractivity contribution in [2.24, 2.45) is 0 Å². The molecule has 7 heteroatoms. The third kappa shape index (κ3) is 6.91. The maximum atomic E-state index is 12.9. The van der Waals surface area contributed by atoms with E-state index in [-0.39, 0.29) is 5.56 Å². The van der Waals surface area contributed by atoms with Gasteiger partial charge in [-0.2, -0.15) is 0 Å². The van der Waals surface area contributed by atoms with Gasteiger partial charge in [-0.3, -0.25) is 9.36 Å². The molecule has 166 valence electrons. The first-order chi connectivity index (χ1) is 15.0. The van der Waals surface area contributed by atoms with Crippen molar-refractivity contribution in [1.29, 1.82) is 0 Å². The highest BCUT2D eigenvalue weighted by Crippen LogP contribution is 2.24. The third-order valence-electron chi connectivity index (χ3n) is 4.82. The van der Waals surface area contributed by atoms with Crippen molar-refractivity contribution in [1.82, 2.24) is 14.9 Å². The Hall–Kier alpha value is -1.67. The quantitative estimate of drug-likeness (QED) is 0.388. The number of rotatable bonds is 5. The number of nitrogens with zero attached hydrogens (tertiary/aromatic N) is 2. The second-order valence-electron chi connectivity index (χ2n) is 7.66. The van der Waals surface area contributed by atoms with Crippen LogP contribution in [0.3, 0.4) is 0 Å². The standard InChI is InChI=1S/C20H21BrN2OS.C4H9NO/c1-4-7-23-19(24)17-11-16(21)5-6-18(17)22-20(23)25-12-15-9-13(2)8-14(3)10-15;1-3-6-4-2-5-1/h5-6,8-11H,4,7,12H2,1-3H3;5H,1-4H2. The first kappa shape index (κ1) is 24.0. The zero-order chi connectivity index (χ0) is 22.2. The molecule has 0 aliphatic carbocycles. The minimum absolute atomic E-state index is 0.0380. The number of aryl methyl sites for hydroxylation is 2. The molecule has 1 saturated heterocycles. The van der Waals surface area contributed by atoms with Gasteiger partial charge in [0, 0.05) is 29.9 Å². The van der Waals surface area contributed by atoms with E-state index in [1.807, 2.05) is 22.8 Å². The molecule has 4 rings (SSSR count). The van der Waals surface area contributed by atoms with Crippen LogP contribution in [0.5, 0.6) is 0 Å². The minimum atomic E-state index is 0.0380. The van der Waals surface area contributed by atoms with Crippen LogP contribution in [0.1, 0.15) is 30.0 Å².